The van der Waals surface area contributed by atoms with E-state index in [9.17, 15) is 4.79 Å². The molecule has 104 valence electrons. The second kappa shape index (κ2) is 5.17. The van der Waals surface area contributed by atoms with Crippen molar-refractivity contribution in [3.63, 3.8) is 0 Å². The summed E-state index contributed by atoms with van der Waals surface area (Å²) in [6.45, 7) is 5.33. The van der Waals surface area contributed by atoms with E-state index in [1.54, 1.807) is 7.11 Å². The standard InChI is InChI=1S/C14H26N2O2/c1-5-14(6-2)11(9-12(14)18-4)15-10-7-8-16(3)13(10)17/h10-12,15H,5-9H2,1-4H3/t10-,11+,12+/m0/s1. The van der Waals surface area contributed by atoms with Gasteiger partial charge in [-0.05, 0) is 25.7 Å². The van der Waals surface area contributed by atoms with Crippen LogP contribution < -0.4 is 5.32 Å². The number of likely N-dealkylation sites (tertiary alicyclic amines) is 1. The molecular formula is C14H26N2O2. The molecule has 1 amide bonds. The molecule has 18 heavy (non-hydrogen) atoms. The first-order valence-electron chi connectivity index (χ1n) is 7.12. The van der Waals surface area contributed by atoms with E-state index < -0.39 is 0 Å². The van der Waals surface area contributed by atoms with Gasteiger partial charge in [0.2, 0.25) is 5.91 Å². The number of ether oxygens (including phenoxy) is 1. The van der Waals surface area contributed by atoms with Gasteiger partial charge in [0.1, 0.15) is 0 Å². The first kappa shape index (κ1) is 13.8. The smallest absolute Gasteiger partial charge is 0.239 e. The molecular weight excluding hydrogens is 228 g/mol. The number of hydrogen-bond donors (Lipinski definition) is 1. The molecule has 0 bridgehead atoms. The number of carbonyl (C=O) groups is 1. The minimum atomic E-state index is 0.0234. The molecule has 2 rings (SSSR count). The Kier molecular flexibility index (Phi) is 3.97. The average Bonchev–Trinajstić information content (AvgIpc) is 2.67. The second-order valence-electron chi connectivity index (χ2n) is 5.72. The fraction of sp³-hybridized carbons (Fsp3) is 0.929. The van der Waals surface area contributed by atoms with E-state index in [1.165, 1.54) is 0 Å². The lowest BCUT2D eigenvalue weighted by Gasteiger charge is -2.55. The Bertz CT molecular complexity index is 315. The van der Waals surface area contributed by atoms with Crippen LogP contribution in [0.15, 0.2) is 0 Å². The summed E-state index contributed by atoms with van der Waals surface area (Å²) < 4.78 is 5.59. The van der Waals surface area contributed by atoms with Gasteiger partial charge < -0.3 is 15.0 Å². The third-order valence-electron chi connectivity index (χ3n) is 5.22. The van der Waals surface area contributed by atoms with Gasteiger partial charge in [0.15, 0.2) is 0 Å². The number of nitrogens with zero attached hydrogens (tertiary/aromatic N) is 1. The van der Waals surface area contributed by atoms with E-state index in [0.29, 0.717) is 12.1 Å². The van der Waals surface area contributed by atoms with Gasteiger partial charge in [-0.2, -0.15) is 0 Å². The molecule has 3 atom stereocenters. The Hall–Kier alpha value is -0.610. The lowest BCUT2D eigenvalue weighted by atomic mass is 9.58. The molecule has 2 fully saturated rings. The minimum Gasteiger partial charge on any atom is -0.381 e. The Morgan fingerprint density at radius 1 is 1.44 bits per heavy atom. The molecule has 2 aliphatic rings. The van der Waals surface area contributed by atoms with Gasteiger partial charge in [0, 0.05) is 32.2 Å². The van der Waals surface area contributed by atoms with E-state index in [-0.39, 0.29) is 17.4 Å². The minimum absolute atomic E-state index is 0.0234. The molecule has 4 heteroatoms. The largest absolute Gasteiger partial charge is 0.381 e. The van der Waals surface area contributed by atoms with Gasteiger partial charge >= 0.3 is 0 Å². The summed E-state index contributed by atoms with van der Waals surface area (Å²) >= 11 is 0. The maximum Gasteiger partial charge on any atom is 0.239 e. The predicted molar refractivity (Wildman–Crippen MR) is 71.4 cm³/mol. The van der Waals surface area contributed by atoms with Crippen LogP contribution in [0, 0.1) is 5.41 Å². The molecule has 1 N–H and O–H groups in total. The highest BCUT2D eigenvalue weighted by Gasteiger charge is 2.54. The summed E-state index contributed by atoms with van der Waals surface area (Å²) in [6, 6.07) is 0.452. The summed E-state index contributed by atoms with van der Waals surface area (Å²) in [4.78, 5) is 13.8. The third-order valence-corrected chi connectivity index (χ3v) is 5.22. The fourth-order valence-corrected chi connectivity index (χ4v) is 3.73. The number of methoxy groups -OCH3 is 1. The summed E-state index contributed by atoms with van der Waals surface area (Å²) in [7, 11) is 3.69. The molecule has 0 aromatic rings. The fourth-order valence-electron chi connectivity index (χ4n) is 3.73. The lowest BCUT2D eigenvalue weighted by molar-refractivity contribution is -0.137. The predicted octanol–water partition coefficient (Wildman–Crippen LogP) is 1.40. The lowest BCUT2D eigenvalue weighted by Crippen LogP contribution is -2.65. The zero-order chi connectivity index (χ0) is 13.3. The van der Waals surface area contributed by atoms with Crippen LogP contribution in [-0.4, -0.2) is 49.7 Å². The van der Waals surface area contributed by atoms with Gasteiger partial charge in [-0.15, -0.1) is 0 Å². The van der Waals surface area contributed by atoms with Crippen molar-refractivity contribution in [2.24, 2.45) is 5.41 Å². The average molecular weight is 254 g/mol. The Balaban J connectivity index is 2.00. The van der Waals surface area contributed by atoms with Crippen molar-refractivity contribution in [2.75, 3.05) is 20.7 Å². The van der Waals surface area contributed by atoms with Gasteiger partial charge in [0.05, 0.1) is 12.1 Å². The van der Waals surface area contributed by atoms with Crippen molar-refractivity contribution in [3.8, 4) is 0 Å². The first-order chi connectivity index (χ1) is 8.58. The molecule has 4 nitrogen and oxygen atoms in total. The molecule has 0 radical (unpaired) electrons. The summed E-state index contributed by atoms with van der Waals surface area (Å²) in [6.07, 6.45) is 4.53. The van der Waals surface area contributed by atoms with E-state index in [0.717, 1.165) is 32.2 Å². The van der Waals surface area contributed by atoms with Crippen molar-refractivity contribution in [1.29, 1.82) is 0 Å². The van der Waals surface area contributed by atoms with Gasteiger partial charge in [-0.3, -0.25) is 4.79 Å². The molecule has 1 saturated heterocycles. The van der Waals surface area contributed by atoms with Crippen LogP contribution >= 0.6 is 0 Å². The van der Waals surface area contributed by atoms with E-state index in [4.69, 9.17) is 4.74 Å². The van der Waals surface area contributed by atoms with Crippen LogP contribution in [0.5, 0.6) is 0 Å². The van der Waals surface area contributed by atoms with Crippen LogP contribution in [0.25, 0.3) is 0 Å². The zero-order valence-electron chi connectivity index (χ0n) is 12.0. The highest BCUT2D eigenvalue weighted by atomic mass is 16.5. The zero-order valence-corrected chi connectivity index (χ0v) is 12.0. The number of amides is 1. The summed E-state index contributed by atoms with van der Waals surface area (Å²) in [5.41, 5.74) is 0.218. The Morgan fingerprint density at radius 3 is 2.56 bits per heavy atom. The number of carbonyl (C=O) groups excluding carboxylic acids is 1. The summed E-state index contributed by atoms with van der Waals surface area (Å²) in [5, 5.41) is 3.58. The van der Waals surface area contributed by atoms with Crippen LogP contribution in [-0.2, 0) is 9.53 Å². The van der Waals surface area contributed by atoms with Gasteiger partial charge in [-0.1, -0.05) is 13.8 Å². The number of rotatable bonds is 5. The maximum absolute atomic E-state index is 12.0. The van der Waals surface area contributed by atoms with Crippen LogP contribution in [0.3, 0.4) is 0 Å². The molecule has 0 aromatic carbocycles. The van der Waals surface area contributed by atoms with Crippen molar-refractivity contribution < 1.29 is 9.53 Å². The molecule has 0 spiro atoms. The van der Waals surface area contributed by atoms with Crippen LogP contribution in [0.4, 0.5) is 0 Å². The van der Waals surface area contributed by atoms with Crippen LogP contribution in [0.2, 0.25) is 0 Å². The molecule has 1 heterocycles. The Labute approximate surface area is 110 Å². The molecule has 0 unspecified atom stereocenters. The van der Waals surface area contributed by atoms with Gasteiger partial charge in [0.25, 0.3) is 0 Å². The monoisotopic (exact) mass is 254 g/mol. The quantitative estimate of drug-likeness (QED) is 0.806. The third kappa shape index (κ3) is 1.95. The van der Waals surface area contributed by atoms with Crippen LogP contribution in [0.1, 0.15) is 39.5 Å². The van der Waals surface area contributed by atoms with Gasteiger partial charge in [-0.25, -0.2) is 0 Å². The number of hydrogen-bond acceptors (Lipinski definition) is 3. The van der Waals surface area contributed by atoms with E-state index in [2.05, 4.69) is 19.2 Å². The van der Waals surface area contributed by atoms with Crippen molar-refractivity contribution in [2.45, 2.75) is 57.7 Å². The highest BCUT2D eigenvalue weighted by molar-refractivity contribution is 5.83. The highest BCUT2D eigenvalue weighted by Crippen LogP contribution is 2.49. The molecule has 1 aliphatic heterocycles. The van der Waals surface area contributed by atoms with E-state index in [1.807, 2.05) is 11.9 Å². The molecule has 0 aromatic heterocycles. The van der Waals surface area contributed by atoms with Crippen molar-refractivity contribution >= 4 is 5.91 Å². The van der Waals surface area contributed by atoms with E-state index >= 15 is 0 Å². The SMILES string of the molecule is CCC1(CC)[C@H](N[C@H]2CCN(C)C2=O)C[C@H]1OC. The number of nitrogens with one attached hydrogen (secondary N) is 1. The topological polar surface area (TPSA) is 41.6 Å². The molecule has 1 aliphatic carbocycles. The summed E-state index contributed by atoms with van der Waals surface area (Å²) in [5.74, 6) is 0.247. The second-order valence-corrected chi connectivity index (χ2v) is 5.72. The Morgan fingerprint density at radius 2 is 2.11 bits per heavy atom. The molecule has 1 saturated carbocycles. The number of likely N-dealkylation sites (N-methyl/N-ethyl adjacent to an activating group) is 1. The normalized spacial score (nSPS) is 34.8. The first-order valence-corrected chi connectivity index (χ1v) is 7.12. The van der Waals surface area contributed by atoms with Crippen molar-refractivity contribution in [3.05, 3.63) is 0 Å². The maximum atomic E-state index is 12.0. The van der Waals surface area contributed by atoms with Crippen molar-refractivity contribution in [1.82, 2.24) is 10.2 Å².